The van der Waals surface area contributed by atoms with Crippen LogP contribution < -0.4 is 10.1 Å². The molecule has 94 valence electrons. The van der Waals surface area contributed by atoms with Gasteiger partial charge in [-0.05, 0) is 24.6 Å². The summed E-state index contributed by atoms with van der Waals surface area (Å²) < 4.78 is 5.07. The number of anilines is 1. The number of phenols is 1. The average Bonchev–Trinajstić information content (AvgIpc) is 2.39. The summed E-state index contributed by atoms with van der Waals surface area (Å²) in [5.74, 6) is 0.659. The minimum Gasteiger partial charge on any atom is -0.504 e. The highest BCUT2D eigenvalue weighted by atomic mass is 16.5. The lowest BCUT2D eigenvalue weighted by atomic mass is 10.1. The highest BCUT2D eigenvalue weighted by Gasteiger charge is 2.07. The topological polar surface area (TPSA) is 54.4 Å². The van der Waals surface area contributed by atoms with Crippen LogP contribution in [0.3, 0.4) is 0 Å². The molecule has 0 aliphatic carbocycles. The number of pyridine rings is 1. The van der Waals surface area contributed by atoms with Crippen LogP contribution >= 0.6 is 0 Å². The first-order valence-electron chi connectivity index (χ1n) is 5.71. The number of aromatic nitrogens is 1. The van der Waals surface area contributed by atoms with Gasteiger partial charge < -0.3 is 15.2 Å². The summed E-state index contributed by atoms with van der Waals surface area (Å²) in [5, 5.41) is 13.2. The number of nitrogens with one attached hydrogen (secondary N) is 1. The maximum Gasteiger partial charge on any atom is 0.162 e. The highest BCUT2D eigenvalue weighted by molar-refractivity contribution is 5.51. The Balaban J connectivity index is 2.14. The molecule has 1 aromatic carbocycles. The molecule has 0 aliphatic rings. The number of benzene rings is 1. The Labute approximate surface area is 106 Å². The first-order valence-corrected chi connectivity index (χ1v) is 5.71. The van der Waals surface area contributed by atoms with Crippen LogP contribution in [0.1, 0.15) is 11.1 Å². The lowest BCUT2D eigenvalue weighted by molar-refractivity contribution is 0.371. The normalized spacial score (nSPS) is 10.1. The van der Waals surface area contributed by atoms with Gasteiger partial charge in [-0.2, -0.15) is 0 Å². The standard InChI is InChI=1S/C14H16N2O2/c1-10-6-7-15-9-12(10)16-8-11-4-3-5-13(18-2)14(11)17/h3-7,9,16-17H,8H2,1-2H3. The van der Waals surface area contributed by atoms with Gasteiger partial charge in [-0.15, -0.1) is 0 Å². The van der Waals surface area contributed by atoms with E-state index in [0.717, 1.165) is 16.8 Å². The highest BCUT2D eigenvalue weighted by Crippen LogP contribution is 2.29. The van der Waals surface area contributed by atoms with Gasteiger partial charge in [0.25, 0.3) is 0 Å². The Morgan fingerprint density at radius 1 is 1.33 bits per heavy atom. The molecule has 2 N–H and O–H groups in total. The van der Waals surface area contributed by atoms with Crippen LogP contribution in [-0.2, 0) is 6.54 Å². The third-order valence-electron chi connectivity index (χ3n) is 2.81. The fourth-order valence-corrected chi connectivity index (χ4v) is 1.71. The van der Waals surface area contributed by atoms with Crippen LogP contribution in [0.5, 0.6) is 11.5 Å². The zero-order valence-electron chi connectivity index (χ0n) is 10.5. The van der Waals surface area contributed by atoms with Crippen molar-refractivity contribution in [1.82, 2.24) is 4.98 Å². The zero-order valence-corrected chi connectivity index (χ0v) is 10.5. The van der Waals surface area contributed by atoms with Crippen LogP contribution in [0.4, 0.5) is 5.69 Å². The Kier molecular flexibility index (Phi) is 3.67. The summed E-state index contributed by atoms with van der Waals surface area (Å²) in [5.41, 5.74) is 2.87. The molecule has 0 saturated heterocycles. The van der Waals surface area contributed by atoms with E-state index in [-0.39, 0.29) is 5.75 Å². The number of rotatable bonds is 4. The van der Waals surface area contributed by atoms with E-state index in [1.807, 2.05) is 25.1 Å². The Morgan fingerprint density at radius 2 is 2.17 bits per heavy atom. The zero-order chi connectivity index (χ0) is 13.0. The number of aromatic hydroxyl groups is 1. The summed E-state index contributed by atoms with van der Waals surface area (Å²) in [6, 6.07) is 7.38. The molecule has 2 aromatic rings. The van der Waals surface area contributed by atoms with Crippen molar-refractivity contribution in [2.45, 2.75) is 13.5 Å². The third-order valence-corrected chi connectivity index (χ3v) is 2.81. The summed E-state index contributed by atoms with van der Waals surface area (Å²) in [4.78, 5) is 4.06. The predicted molar refractivity (Wildman–Crippen MR) is 71.0 cm³/mol. The molecule has 0 atom stereocenters. The van der Waals surface area contributed by atoms with E-state index in [9.17, 15) is 5.11 Å². The fourth-order valence-electron chi connectivity index (χ4n) is 1.71. The second-order valence-electron chi connectivity index (χ2n) is 4.01. The number of nitrogens with zero attached hydrogens (tertiary/aromatic N) is 1. The number of methoxy groups -OCH3 is 1. The average molecular weight is 244 g/mol. The SMILES string of the molecule is COc1cccc(CNc2cnccc2C)c1O. The van der Waals surface area contributed by atoms with Gasteiger partial charge >= 0.3 is 0 Å². The molecular formula is C14H16N2O2. The summed E-state index contributed by atoms with van der Waals surface area (Å²) in [7, 11) is 1.54. The molecule has 18 heavy (non-hydrogen) atoms. The Morgan fingerprint density at radius 3 is 2.89 bits per heavy atom. The maximum absolute atomic E-state index is 9.96. The molecule has 0 spiro atoms. The largest absolute Gasteiger partial charge is 0.504 e. The lowest BCUT2D eigenvalue weighted by Gasteiger charge is -2.11. The Bertz CT molecular complexity index is 541. The number of para-hydroxylation sites is 1. The molecule has 0 unspecified atom stereocenters. The molecule has 0 saturated carbocycles. The van der Waals surface area contributed by atoms with Crippen LogP contribution in [0.25, 0.3) is 0 Å². The minimum absolute atomic E-state index is 0.175. The number of hydrogen-bond donors (Lipinski definition) is 2. The van der Waals surface area contributed by atoms with Gasteiger partial charge in [0.2, 0.25) is 0 Å². The fraction of sp³-hybridized carbons (Fsp3) is 0.214. The molecular weight excluding hydrogens is 228 g/mol. The van der Waals surface area contributed by atoms with Crippen LogP contribution in [-0.4, -0.2) is 17.2 Å². The lowest BCUT2D eigenvalue weighted by Crippen LogP contribution is -2.02. The second kappa shape index (κ2) is 5.40. The monoisotopic (exact) mass is 244 g/mol. The van der Waals surface area contributed by atoms with Crippen molar-refractivity contribution in [3.63, 3.8) is 0 Å². The number of phenolic OH excluding ortho intramolecular Hbond substituents is 1. The van der Waals surface area contributed by atoms with Gasteiger partial charge in [-0.3, -0.25) is 4.98 Å². The van der Waals surface area contributed by atoms with Crippen molar-refractivity contribution >= 4 is 5.69 Å². The maximum atomic E-state index is 9.96. The molecule has 0 radical (unpaired) electrons. The van der Waals surface area contributed by atoms with Crippen molar-refractivity contribution in [3.8, 4) is 11.5 Å². The molecule has 0 bridgehead atoms. The van der Waals surface area contributed by atoms with Crippen molar-refractivity contribution in [2.75, 3.05) is 12.4 Å². The summed E-state index contributed by atoms with van der Waals surface area (Å²) in [6.07, 6.45) is 3.52. The van der Waals surface area contributed by atoms with Gasteiger partial charge in [0.1, 0.15) is 0 Å². The number of hydrogen-bond acceptors (Lipinski definition) is 4. The molecule has 4 nitrogen and oxygen atoms in total. The molecule has 4 heteroatoms. The molecule has 1 heterocycles. The molecule has 2 rings (SSSR count). The van der Waals surface area contributed by atoms with E-state index < -0.39 is 0 Å². The van der Waals surface area contributed by atoms with Gasteiger partial charge in [0.05, 0.1) is 19.0 Å². The predicted octanol–water partition coefficient (Wildman–Crippen LogP) is 2.72. The second-order valence-corrected chi connectivity index (χ2v) is 4.01. The van der Waals surface area contributed by atoms with Crippen LogP contribution in [0.2, 0.25) is 0 Å². The van der Waals surface area contributed by atoms with E-state index >= 15 is 0 Å². The van der Waals surface area contributed by atoms with Gasteiger partial charge in [-0.1, -0.05) is 12.1 Å². The van der Waals surface area contributed by atoms with Gasteiger partial charge in [-0.25, -0.2) is 0 Å². The van der Waals surface area contributed by atoms with Crippen molar-refractivity contribution < 1.29 is 9.84 Å². The van der Waals surface area contributed by atoms with Crippen molar-refractivity contribution in [3.05, 3.63) is 47.8 Å². The quantitative estimate of drug-likeness (QED) is 0.868. The number of aryl methyl sites for hydroxylation is 1. The molecule has 0 aliphatic heterocycles. The van der Waals surface area contributed by atoms with Gasteiger partial charge in [0.15, 0.2) is 11.5 Å². The van der Waals surface area contributed by atoms with E-state index in [0.29, 0.717) is 12.3 Å². The summed E-state index contributed by atoms with van der Waals surface area (Å²) in [6.45, 7) is 2.53. The Hall–Kier alpha value is -2.23. The molecule has 0 amide bonds. The van der Waals surface area contributed by atoms with Crippen LogP contribution in [0, 0.1) is 6.92 Å². The van der Waals surface area contributed by atoms with E-state index in [1.54, 1.807) is 18.5 Å². The first kappa shape index (κ1) is 12.2. The van der Waals surface area contributed by atoms with E-state index in [2.05, 4.69) is 10.3 Å². The van der Waals surface area contributed by atoms with E-state index in [4.69, 9.17) is 4.74 Å². The first-order chi connectivity index (χ1) is 8.72. The molecule has 0 fully saturated rings. The van der Waals surface area contributed by atoms with Gasteiger partial charge in [0, 0.05) is 18.3 Å². The van der Waals surface area contributed by atoms with Crippen molar-refractivity contribution in [2.24, 2.45) is 0 Å². The van der Waals surface area contributed by atoms with E-state index in [1.165, 1.54) is 7.11 Å². The minimum atomic E-state index is 0.175. The third kappa shape index (κ3) is 2.53. The van der Waals surface area contributed by atoms with Crippen LogP contribution in [0.15, 0.2) is 36.7 Å². The smallest absolute Gasteiger partial charge is 0.162 e. The number of ether oxygens (including phenoxy) is 1. The summed E-state index contributed by atoms with van der Waals surface area (Å²) >= 11 is 0. The molecule has 1 aromatic heterocycles. The van der Waals surface area contributed by atoms with Crippen molar-refractivity contribution in [1.29, 1.82) is 0 Å².